The molecule has 0 aliphatic carbocycles. The second-order valence-corrected chi connectivity index (χ2v) is 3.50. The van der Waals surface area contributed by atoms with Gasteiger partial charge in [-0.1, -0.05) is 46.0 Å². The highest BCUT2D eigenvalue weighted by Gasteiger charge is 2.04. The van der Waals surface area contributed by atoms with Gasteiger partial charge in [0, 0.05) is 7.11 Å². The van der Waals surface area contributed by atoms with Gasteiger partial charge in [-0.15, -0.1) is 0 Å². The lowest BCUT2D eigenvalue weighted by molar-refractivity contribution is 0.0838. The van der Waals surface area contributed by atoms with Gasteiger partial charge in [-0.25, -0.2) is 0 Å². The number of rotatable bonds is 8. The van der Waals surface area contributed by atoms with Crippen LogP contribution in [0, 0.1) is 0 Å². The highest BCUT2D eigenvalue weighted by atomic mass is 16.5. The van der Waals surface area contributed by atoms with E-state index in [0.717, 1.165) is 0 Å². The van der Waals surface area contributed by atoms with E-state index in [9.17, 15) is 0 Å². The Hall–Kier alpha value is -0.0400. The number of methoxy groups -OCH3 is 1. The molecule has 0 aromatic rings. The van der Waals surface area contributed by atoms with Gasteiger partial charge in [0.15, 0.2) is 0 Å². The van der Waals surface area contributed by atoms with Gasteiger partial charge in [0.2, 0.25) is 0 Å². The van der Waals surface area contributed by atoms with Crippen molar-refractivity contribution in [2.75, 3.05) is 7.11 Å². The largest absolute Gasteiger partial charge is 0.381 e. The summed E-state index contributed by atoms with van der Waals surface area (Å²) in [5.74, 6) is 0. The molecule has 1 unspecified atom stereocenters. The molecule has 0 spiro atoms. The van der Waals surface area contributed by atoms with Crippen LogP contribution in [0.1, 0.15) is 58.8 Å². The Bertz CT molecular complexity index is 81.1. The molecule has 0 aliphatic rings. The molecule has 0 bridgehead atoms. The van der Waals surface area contributed by atoms with Crippen LogP contribution in [-0.2, 0) is 4.74 Å². The van der Waals surface area contributed by atoms with Crippen molar-refractivity contribution in [2.24, 2.45) is 0 Å². The van der Waals surface area contributed by atoms with Crippen molar-refractivity contribution in [3.63, 3.8) is 0 Å². The maximum Gasteiger partial charge on any atom is 0.0571 e. The Labute approximate surface area is 77.5 Å². The predicted molar refractivity (Wildman–Crippen MR) is 54.5 cm³/mol. The van der Waals surface area contributed by atoms with E-state index in [1.54, 1.807) is 0 Å². The van der Waals surface area contributed by atoms with Gasteiger partial charge in [0.25, 0.3) is 0 Å². The van der Waals surface area contributed by atoms with Crippen molar-refractivity contribution in [1.29, 1.82) is 0 Å². The van der Waals surface area contributed by atoms with Crippen molar-refractivity contribution in [1.82, 2.24) is 0 Å². The van der Waals surface area contributed by atoms with Crippen molar-refractivity contribution < 1.29 is 4.74 Å². The third-order valence-electron chi connectivity index (χ3n) is 2.34. The van der Waals surface area contributed by atoms with Crippen LogP contribution in [0.4, 0.5) is 0 Å². The zero-order valence-electron chi connectivity index (χ0n) is 8.94. The molecule has 1 atom stereocenters. The van der Waals surface area contributed by atoms with Crippen LogP contribution in [0.25, 0.3) is 0 Å². The molecular weight excluding hydrogens is 148 g/mol. The van der Waals surface area contributed by atoms with Crippen LogP contribution in [0.5, 0.6) is 0 Å². The fourth-order valence-electron chi connectivity index (χ4n) is 1.43. The number of unbranched alkanes of at least 4 members (excludes halogenated alkanes) is 3. The Balaban J connectivity index is 3.26. The summed E-state index contributed by atoms with van der Waals surface area (Å²) >= 11 is 0. The number of ether oxygens (including phenoxy) is 1. The predicted octanol–water partition coefficient (Wildman–Crippen LogP) is 3.77. The van der Waals surface area contributed by atoms with Gasteiger partial charge in [0.1, 0.15) is 0 Å². The van der Waals surface area contributed by atoms with Gasteiger partial charge < -0.3 is 4.74 Å². The highest BCUT2D eigenvalue weighted by Crippen LogP contribution is 2.12. The average Bonchev–Trinajstić information content (AvgIpc) is 2.11. The highest BCUT2D eigenvalue weighted by molar-refractivity contribution is 4.57. The van der Waals surface area contributed by atoms with E-state index in [1.165, 1.54) is 44.9 Å². The van der Waals surface area contributed by atoms with Gasteiger partial charge >= 0.3 is 0 Å². The van der Waals surface area contributed by atoms with Crippen LogP contribution < -0.4 is 0 Å². The van der Waals surface area contributed by atoms with Gasteiger partial charge in [0.05, 0.1) is 6.10 Å². The monoisotopic (exact) mass is 172 g/mol. The maximum absolute atomic E-state index is 5.40. The first-order valence-corrected chi connectivity index (χ1v) is 5.37. The summed E-state index contributed by atoms with van der Waals surface area (Å²) in [6.45, 7) is 4.48. The SMILES string of the molecule is CCCCCC(CCCC)OC. The van der Waals surface area contributed by atoms with Crippen LogP contribution in [0.15, 0.2) is 0 Å². The normalized spacial score (nSPS) is 13.2. The first-order valence-electron chi connectivity index (χ1n) is 5.37. The van der Waals surface area contributed by atoms with Crippen molar-refractivity contribution in [3.05, 3.63) is 0 Å². The third kappa shape index (κ3) is 6.66. The molecule has 0 fully saturated rings. The maximum atomic E-state index is 5.40. The molecule has 0 rings (SSSR count). The average molecular weight is 172 g/mol. The van der Waals surface area contributed by atoms with E-state index in [4.69, 9.17) is 4.74 Å². The molecule has 74 valence electrons. The Morgan fingerprint density at radius 1 is 0.917 bits per heavy atom. The molecular formula is C11H24O. The zero-order valence-corrected chi connectivity index (χ0v) is 8.94. The summed E-state index contributed by atoms with van der Waals surface area (Å²) in [6, 6.07) is 0. The van der Waals surface area contributed by atoms with E-state index >= 15 is 0 Å². The summed E-state index contributed by atoms with van der Waals surface area (Å²) < 4.78 is 5.40. The first kappa shape index (κ1) is 12.0. The Morgan fingerprint density at radius 3 is 2.00 bits per heavy atom. The summed E-state index contributed by atoms with van der Waals surface area (Å²) in [7, 11) is 1.84. The third-order valence-corrected chi connectivity index (χ3v) is 2.34. The topological polar surface area (TPSA) is 9.23 Å². The van der Waals surface area contributed by atoms with Crippen molar-refractivity contribution in [3.8, 4) is 0 Å². The fraction of sp³-hybridized carbons (Fsp3) is 1.00. The van der Waals surface area contributed by atoms with E-state index < -0.39 is 0 Å². The molecule has 0 aliphatic heterocycles. The van der Waals surface area contributed by atoms with Gasteiger partial charge in [-0.2, -0.15) is 0 Å². The quantitative estimate of drug-likeness (QED) is 0.506. The summed E-state index contributed by atoms with van der Waals surface area (Å²) in [5, 5.41) is 0. The minimum Gasteiger partial charge on any atom is -0.381 e. The van der Waals surface area contributed by atoms with E-state index in [1.807, 2.05) is 7.11 Å². The van der Waals surface area contributed by atoms with Crippen molar-refractivity contribution >= 4 is 0 Å². The smallest absolute Gasteiger partial charge is 0.0571 e. The molecule has 0 saturated carbocycles. The van der Waals surface area contributed by atoms with Crippen molar-refractivity contribution in [2.45, 2.75) is 64.9 Å². The molecule has 0 aromatic heterocycles. The van der Waals surface area contributed by atoms with Crippen LogP contribution >= 0.6 is 0 Å². The van der Waals surface area contributed by atoms with E-state index in [2.05, 4.69) is 13.8 Å². The lowest BCUT2D eigenvalue weighted by Crippen LogP contribution is -2.09. The molecule has 0 N–H and O–H groups in total. The molecule has 1 heteroatoms. The van der Waals surface area contributed by atoms with Crippen LogP contribution in [0.2, 0.25) is 0 Å². The fourth-order valence-corrected chi connectivity index (χ4v) is 1.43. The standard InChI is InChI=1S/C11H24O/c1-4-6-8-10-11(12-3)9-7-5-2/h11H,4-10H2,1-3H3. The molecule has 1 nitrogen and oxygen atoms in total. The van der Waals surface area contributed by atoms with Gasteiger partial charge in [-0.3, -0.25) is 0 Å². The summed E-state index contributed by atoms with van der Waals surface area (Å²) in [4.78, 5) is 0. The van der Waals surface area contributed by atoms with Crippen LogP contribution in [-0.4, -0.2) is 13.2 Å². The lowest BCUT2D eigenvalue weighted by Gasteiger charge is -2.13. The summed E-state index contributed by atoms with van der Waals surface area (Å²) in [5.41, 5.74) is 0. The minimum atomic E-state index is 0.525. The second kappa shape index (κ2) is 9.05. The molecule has 0 heterocycles. The van der Waals surface area contributed by atoms with E-state index in [-0.39, 0.29) is 0 Å². The first-order chi connectivity index (χ1) is 5.85. The van der Waals surface area contributed by atoms with Crippen LogP contribution in [0.3, 0.4) is 0 Å². The zero-order chi connectivity index (χ0) is 9.23. The lowest BCUT2D eigenvalue weighted by atomic mass is 10.1. The Morgan fingerprint density at radius 2 is 1.50 bits per heavy atom. The minimum absolute atomic E-state index is 0.525. The molecule has 0 aromatic carbocycles. The van der Waals surface area contributed by atoms with Gasteiger partial charge in [-0.05, 0) is 12.8 Å². The molecule has 0 amide bonds. The second-order valence-electron chi connectivity index (χ2n) is 3.50. The summed E-state index contributed by atoms with van der Waals surface area (Å²) in [6.07, 6.45) is 9.62. The molecule has 12 heavy (non-hydrogen) atoms. The molecule has 0 radical (unpaired) electrons. The number of hydrogen-bond donors (Lipinski definition) is 0. The number of hydrogen-bond acceptors (Lipinski definition) is 1. The van der Waals surface area contributed by atoms with E-state index in [0.29, 0.717) is 6.10 Å². The molecule has 0 saturated heterocycles. The Kier molecular flexibility index (Phi) is 9.02.